The van der Waals surface area contributed by atoms with Crippen LogP contribution in [0.2, 0.25) is 0 Å². The quantitative estimate of drug-likeness (QED) is 0.0918. The molecule has 2 aliphatic carbocycles. The van der Waals surface area contributed by atoms with E-state index in [9.17, 15) is 19.2 Å². The summed E-state index contributed by atoms with van der Waals surface area (Å²) in [5, 5.41) is 0.604. The molecule has 0 spiro atoms. The molecular formula is C36H29BrN2O5. The van der Waals surface area contributed by atoms with Crippen LogP contribution in [0, 0.1) is 30.6 Å². The van der Waals surface area contributed by atoms with Crippen LogP contribution in [0.4, 0.5) is 5.69 Å². The van der Waals surface area contributed by atoms with E-state index in [4.69, 9.17) is 9.72 Å². The van der Waals surface area contributed by atoms with Crippen molar-refractivity contribution < 1.29 is 23.9 Å². The van der Waals surface area contributed by atoms with Crippen molar-refractivity contribution in [3.8, 4) is 11.3 Å². The van der Waals surface area contributed by atoms with Gasteiger partial charge in [-0.25, -0.2) is 9.78 Å². The second-order valence-corrected chi connectivity index (χ2v) is 12.7. The Bertz CT molecular complexity index is 1850. The van der Waals surface area contributed by atoms with Crippen LogP contribution in [0.1, 0.15) is 46.0 Å². The second-order valence-electron chi connectivity index (χ2n) is 11.8. The first-order valence-electron chi connectivity index (χ1n) is 14.8. The molecule has 1 saturated heterocycles. The lowest BCUT2D eigenvalue weighted by molar-refractivity contribution is -0.123. The maximum Gasteiger partial charge on any atom is 0.339 e. The molecule has 1 saturated carbocycles. The first kappa shape index (κ1) is 28.3. The smallest absolute Gasteiger partial charge is 0.339 e. The highest BCUT2D eigenvalue weighted by Crippen LogP contribution is 2.53. The Balaban J connectivity index is 1.22. The fraction of sp³-hybridized carbons (Fsp3) is 0.250. The van der Waals surface area contributed by atoms with Crippen LogP contribution in [0.15, 0.2) is 89.4 Å². The minimum atomic E-state index is -0.940. The minimum Gasteiger partial charge on any atom is -0.450 e. The number of hydrogen-bond donors (Lipinski definition) is 0. The van der Waals surface area contributed by atoms with Gasteiger partial charge in [0, 0.05) is 21.0 Å². The van der Waals surface area contributed by atoms with Crippen molar-refractivity contribution in [2.45, 2.75) is 32.8 Å². The van der Waals surface area contributed by atoms with E-state index >= 15 is 0 Å². The van der Waals surface area contributed by atoms with Crippen LogP contribution in [-0.4, -0.2) is 34.7 Å². The normalized spacial score (nSPS) is 22.5. The molecule has 2 bridgehead atoms. The van der Waals surface area contributed by atoms with Crippen molar-refractivity contribution in [1.29, 1.82) is 0 Å². The molecule has 4 aromatic rings. The number of carbonyl (C=O) groups excluding carboxylic acids is 4. The highest BCUT2D eigenvalue weighted by molar-refractivity contribution is 9.10. The molecule has 8 heteroatoms. The number of Topliss-reactive ketones (excluding diaryl/α,β-unsaturated/α-hetero) is 1. The van der Waals surface area contributed by atoms with Crippen LogP contribution in [0.3, 0.4) is 0 Å². The highest BCUT2D eigenvalue weighted by Gasteiger charge is 2.59. The van der Waals surface area contributed by atoms with Gasteiger partial charge in [0.05, 0.1) is 34.3 Å². The summed E-state index contributed by atoms with van der Waals surface area (Å²) < 4.78 is 6.62. The third kappa shape index (κ3) is 4.59. The number of imide groups is 1. The number of benzene rings is 3. The van der Waals surface area contributed by atoms with Gasteiger partial charge in [-0.3, -0.25) is 19.3 Å². The standard InChI is InChI=1S/C36H29BrN2O5/c1-3-29(33(40)21-7-5-4-6-8-21)44-36(43)27-18-28(38-32-19(2)15-24(37)17-26(27)32)20-11-13-25(14-12-20)39-34(41)30-22-9-10-23(16-22)31(30)35(39)42/h4-15,17-18,22-23,29-31H,3,16H2,1-2H3. The molecule has 0 radical (unpaired) electrons. The van der Waals surface area contributed by atoms with Crippen LogP contribution in [-0.2, 0) is 14.3 Å². The van der Waals surface area contributed by atoms with E-state index in [-0.39, 0.29) is 41.3 Å². The van der Waals surface area contributed by atoms with E-state index in [1.54, 1.807) is 42.5 Å². The summed E-state index contributed by atoms with van der Waals surface area (Å²) >= 11 is 3.53. The molecule has 0 N–H and O–H groups in total. The van der Waals surface area contributed by atoms with Crippen molar-refractivity contribution in [3.05, 3.63) is 106 Å². The van der Waals surface area contributed by atoms with E-state index in [0.717, 1.165) is 16.5 Å². The van der Waals surface area contributed by atoms with Gasteiger partial charge in [0.2, 0.25) is 17.6 Å². The molecule has 2 amide bonds. The number of halogens is 1. The number of aromatic nitrogens is 1. The first-order chi connectivity index (χ1) is 21.2. The van der Waals surface area contributed by atoms with Gasteiger partial charge in [0.1, 0.15) is 0 Å². The number of fused-ring (bicyclic) bond motifs is 6. The fourth-order valence-corrected chi connectivity index (χ4v) is 7.59. The third-order valence-corrected chi connectivity index (χ3v) is 9.61. The summed E-state index contributed by atoms with van der Waals surface area (Å²) in [4.78, 5) is 59.7. The molecule has 220 valence electrons. The molecule has 2 fully saturated rings. The van der Waals surface area contributed by atoms with Gasteiger partial charge in [-0.05, 0) is 67.5 Å². The zero-order chi connectivity index (χ0) is 30.7. The number of ketones is 1. The monoisotopic (exact) mass is 648 g/mol. The van der Waals surface area contributed by atoms with Crippen molar-refractivity contribution >= 4 is 56.1 Å². The summed E-state index contributed by atoms with van der Waals surface area (Å²) in [5.41, 5.74) is 4.03. The van der Waals surface area contributed by atoms with Crippen LogP contribution in [0.5, 0.6) is 0 Å². The lowest BCUT2D eigenvalue weighted by atomic mass is 9.85. The minimum absolute atomic E-state index is 0.129. The first-order valence-corrected chi connectivity index (χ1v) is 15.6. The molecular weight excluding hydrogens is 620 g/mol. The van der Waals surface area contributed by atoms with E-state index in [1.165, 1.54) is 4.90 Å². The number of allylic oxidation sites excluding steroid dienone is 2. The second kappa shape index (κ2) is 10.9. The number of pyridine rings is 1. The molecule has 44 heavy (non-hydrogen) atoms. The van der Waals surface area contributed by atoms with Gasteiger partial charge in [-0.2, -0.15) is 0 Å². The Morgan fingerprint density at radius 1 is 0.955 bits per heavy atom. The topological polar surface area (TPSA) is 93.6 Å². The molecule has 2 heterocycles. The summed E-state index contributed by atoms with van der Waals surface area (Å²) in [6.07, 6.45) is 4.43. The average Bonchev–Trinajstić information content (AvgIpc) is 3.73. The maximum atomic E-state index is 13.7. The lowest BCUT2D eigenvalue weighted by Gasteiger charge is -2.18. The van der Waals surface area contributed by atoms with Crippen molar-refractivity contribution in [3.63, 3.8) is 0 Å². The van der Waals surface area contributed by atoms with E-state index < -0.39 is 12.1 Å². The number of esters is 1. The van der Waals surface area contributed by atoms with Gasteiger partial charge in [-0.1, -0.05) is 77.5 Å². The van der Waals surface area contributed by atoms with Crippen molar-refractivity contribution in [1.82, 2.24) is 4.98 Å². The number of aryl methyl sites for hydroxylation is 1. The van der Waals surface area contributed by atoms with Crippen LogP contribution in [0.25, 0.3) is 22.2 Å². The van der Waals surface area contributed by atoms with Crippen LogP contribution >= 0.6 is 15.9 Å². The number of hydrogen-bond acceptors (Lipinski definition) is 6. The Morgan fingerprint density at radius 2 is 1.61 bits per heavy atom. The predicted octanol–water partition coefficient (Wildman–Crippen LogP) is 7.10. The summed E-state index contributed by atoms with van der Waals surface area (Å²) in [6, 6.07) is 21.3. The molecule has 5 unspecified atom stereocenters. The fourth-order valence-electron chi connectivity index (χ4n) is 7.01. The van der Waals surface area contributed by atoms with E-state index in [0.29, 0.717) is 45.4 Å². The maximum absolute atomic E-state index is 13.7. The lowest BCUT2D eigenvalue weighted by Crippen LogP contribution is -2.32. The molecule has 7 rings (SSSR count). The van der Waals surface area contributed by atoms with Gasteiger partial charge in [0.15, 0.2) is 6.10 Å². The molecule has 7 nitrogen and oxygen atoms in total. The number of ether oxygens (including phenoxy) is 1. The Labute approximate surface area is 263 Å². The number of amides is 2. The molecule has 1 aromatic heterocycles. The van der Waals surface area contributed by atoms with Crippen molar-refractivity contribution in [2.75, 3.05) is 4.90 Å². The zero-order valence-corrected chi connectivity index (χ0v) is 25.8. The SMILES string of the molecule is CCC(OC(=O)c1cc(-c2ccc(N3C(=O)C4C5C=CC(C5)C4C3=O)cc2)nc2c(C)cc(Br)cc12)C(=O)c1ccccc1. The Morgan fingerprint density at radius 3 is 2.25 bits per heavy atom. The predicted molar refractivity (Wildman–Crippen MR) is 170 cm³/mol. The Hall–Kier alpha value is -4.43. The van der Waals surface area contributed by atoms with E-state index in [2.05, 4.69) is 28.1 Å². The van der Waals surface area contributed by atoms with Gasteiger partial charge in [0.25, 0.3) is 0 Å². The van der Waals surface area contributed by atoms with Crippen LogP contribution < -0.4 is 4.90 Å². The van der Waals surface area contributed by atoms with Gasteiger partial charge in [-0.15, -0.1) is 0 Å². The summed E-state index contributed by atoms with van der Waals surface area (Å²) in [6.45, 7) is 3.72. The van der Waals surface area contributed by atoms with Crippen molar-refractivity contribution in [2.24, 2.45) is 23.7 Å². The highest BCUT2D eigenvalue weighted by atomic mass is 79.9. The summed E-state index contributed by atoms with van der Waals surface area (Å²) in [7, 11) is 0. The number of carbonyl (C=O) groups is 4. The largest absolute Gasteiger partial charge is 0.450 e. The zero-order valence-electron chi connectivity index (χ0n) is 24.2. The van der Waals surface area contributed by atoms with Gasteiger partial charge < -0.3 is 4.74 Å². The molecule has 3 aromatic carbocycles. The average molecular weight is 650 g/mol. The molecule has 5 atom stereocenters. The summed E-state index contributed by atoms with van der Waals surface area (Å²) in [5.74, 6) is -1.38. The van der Waals surface area contributed by atoms with E-state index in [1.807, 2.05) is 44.2 Å². The number of anilines is 1. The van der Waals surface area contributed by atoms with Gasteiger partial charge >= 0.3 is 5.97 Å². The number of nitrogens with zero attached hydrogens (tertiary/aromatic N) is 2. The Kier molecular flexibility index (Phi) is 7.04. The number of rotatable bonds is 7. The molecule has 1 aliphatic heterocycles. The molecule has 3 aliphatic rings. The third-order valence-electron chi connectivity index (χ3n) is 9.15.